The molecule has 0 fully saturated rings. The molecule has 0 heterocycles. The minimum Gasteiger partial charge on any atom is -0.489 e. The van der Waals surface area contributed by atoms with Crippen molar-refractivity contribution in [3.8, 4) is 5.75 Å². The Kier molecular flexibility index (Phi) is 5.25. The summed E-state index contributed by atoms with van der Waals surface area (Å²) in [7, 11) is 0. The van der Waals surface area contributed by atoms with Gasteiger partial charge in [0.2, 0.25) is 0 Å². The van der Waals surface area contributed by atoms with Crippen molar-refractivity contribution in [3.63, 3.8) is 0 Å². The van der Waals surface area contributed by atoms with Gasteiger partial charge in [-0.05, 0) is 24.6 Å². The van der Waals surface area contributed by atoms with E-state index in [-0.39, 0.29) is 24.5 Å². The average molecular weight is 302 g/mol. The number of esters is 1. The van der Waals surface area contributed by atoms with Gasteiger partial charge in [0.25, 0.3) is 5.78 Å². The summed E-state index contributed by atoms with van der Waals surface area (Å²) >= 11 is 0. The number of hydrogen-bond donors (Lipinski definition) is 0. The van der Waals surface area contributed by atoms with Crippen molar-refractivity contribution in [2.24, 2.45) is 0 Å². The summed E-state index contributed by atoms with van der Waals surface area (Å²) in [6.07, 6.45) is 0. The third-order valence-electron chi connectivity index (χ3n) is 2.89. The first-order chi connectivity index (χ1) is 10.6. The molecule has 2 rings (SSSR count). The molecule has 2 aromatic rings. The number of carbonyl (C=O) groups excluding carboxylic acids is 2. The first-order valence-corrected chi connectivity index (χ1v) is 6.79. The Bertz CT molecular complexity index is 668. The van der Waals surface area contributed by atoms with Crippen LogP contribution in [0.3, 0.4) is 0 Å². The minimum absolute atomic E-state index is 0.0600. The molecule has 0 aliphatic heterocycles. The van der Waals surface area contributed by atoms with Crippen molar-refractivity contribution in [2.75, 3.05) is 6.61 Å². The second-order valence-electron chi connectivity index (χ2n) is 4.47. The molecule has 114 valence electrons. The number of ether oxygens (including phenoxy) is 2. The zero-order valence-corrected chi connectivity index (χ0v) is 12.0. The molecule has 0 spiro atoms. The van der Waals surface area contributed by atoms with Gasteiger partial charge in [-0.1, -0.05) is 30.3 Å². The highest BCUT2D eigenvalue weighted by Gasteiger charge is 2.21. The maximum absolute atomic E-state index is 13.9. The number of rotatable bonds is 6. The normalized spacial score (nSPS) is 10.1. The molecule has 4 nitrogen and oxygen atoms in total. The van der Waals surface area contributed by atoms with Gasteiger partial charge in [0.05, 0.1) is 12.2 Å². The molecule has 0 unspecified atom stereocenters. The van der Waals surface area contributed by atoms with Crippen molar-refractivity contribution in [1.29, 1.82) is 0 Å². The van der Waals surface area contributed by atoms with Crippen LogP contribution in [-0.4, -0.2) is 18.4 Å². The number of benzene rings is 2. The van der Waals surface area contributed by atoms with Crippen LogP contribution in [0.4, 0.5) is 4.39 Å². The molecular formula is C17H15FO4. The monoisotopic (exact) mass is 302 g/mol. The van der Waals surface area contributed by atoms with Gasteiger partial charge in [0.15, 0.2) is 0 Å². The number of Topliss-reactive ketones (excluding diaryl/α,β-unsaturated/α-hetero) is 1. The molecule has 22 heavy (non-hydrogen) atoms. The molecule has 0 aliphatic rings. The average Bonchev–Trinajstić information content (AvgIpc) is 2.53. The Morgan fingerprint density at radius 3 is 2.45 bits per heavy atom. The van der Waals surface area contributed by atoms with Crippen LogP contribution < -0.4 is 4.74 Å². The molecular weight excluding hydrogens is 287 g/mol. The van der Waals surface area contributed by atoms with Gasteiger partial charge in [-0.3, -0.25) is 4.79 Å². The number of halogens is 1. The van der Waals surface area contributed by atoms with E-state index in [1.165, 1.54) is 12.1 Å². The van der Waals surface area contributed by atoms with E-state index in [2.05, 4.69) is 4.74 Å². The van der Waals surface area contributed by atoms with E-state index in [4.69, 9.17) is 4.74 Å². The Labute approximate surface area is 127 Å². The molecule has 2 aromatic carbocycles. The first kappa shape index (κ1) is 15.7. The van der Waals surface area contributed by atoms with Gasteiger partial charge in [-0.25, -0.2) is 9.18 Å². The highest BCUT2D eigenvalue weighted by atomic mass is 19.1. The van der Waals surface area contributed by atoms with Crippen molar-refractivity contribution in [3.05, 3.63) is 65.5 Å². The van der Waals surface area contributed by atoms with Gasteiger partial charge >= 0.3 is 5.97 Å². The highest BCUT2D eigenvalue weighted by molar-refractivity contribution is 6.40. The van der Waals surface area contributed by atoms with Crippen molar-refractivity contribution < 1.29 is 23.5 Å². The van der Waals surface area contributed by atoms with Gasteiger partial charge in [-0.2, -0.15) is 0 Å². The fraction of sp³-hybridized carbons (Fsp3) is 0.176. The number of carbonyl (C=O) groups is 2. The number of hydrogen-bond acceptors (Lipinski definition) is 4. The largest absolute Gasteiger partial charge is 0.489 e. The Morgan fingerprint density at radius 2 is 1.82 bits per heavy atom. The van der Waals surface area contributed by atoms with Crippen LogP contribution in [0.5, 0.6) is 5.75 Å². The fourth-order valence-electron chi connectivity index (χ4n) is 1.82. The predicted molar refractivity (Wildman–Crippen MR) is 78.1 cm³/mol. The molecule has 0 saturated heterocycles. The van der Waals surface area contributed by atoms with Crippen molar-refractivity contribution in [2.45, 2.75) is 13.5 Å². The van der Waals surface area contributed by atoms with Crippen LogP contribution in [0.25, 0.3) is 0 Å². The Hall–Kier alpha value is -2.69. The summed E-state index contributed by atoms with van der Waals surface area (Å²) in [4.78, 5) is 23.0. The van der Waals surface area contributed by atoms with E-state index >= 15 is 0 Å². The smallest absolute Gasteiger partial charge is 0.379 e. The van der Waals surface area contributed by atoms with E-state index < -0.39 is 17.6 Å². The Morgan fingerprint density at radius 1 is 1.09 bits per heavy atom. The molecule has 0 bridgehead atoms. The van der Waals surface area contributed by atoms with Crippen LogP contribution in [0, 0.1) is 5.82 Å². The summed E-state index contributed by atoms with van der Waals surface area (Å²) in [5.41, 5.74) is 0.611. The van der Waals surface area contributed by atoms with Gasteiger partial charge in [-0.15, -0.1) is 0 Å². The lowest BCUT2D eigenvalue weighted by atomic mass is 10.1. The lowest BCUT2D eigenvalue weighted by Gasteiger charge is -2.08. The summed E-state index contributed by atoms with van der Waals surface area (Å²) in [6, 6.07) is 13.1. The molecule has 0 amide bonds. The lowest BCUT2D eigenvalue weighted by molar-refractivity contribution is -0.137. The first-order valence-electron chi connectivity index (χ1n) is 6.79. The SMILES string of the molecule is CCOC(=O)C(=O)c1ccc(OCc2ccccc2)cc1F. The molecule has 0 aliphatic carbocycles. The lowest BCUT2D eigenvalue weighted by Crippen LogP contribution is -2.18. The van der Waals surface area contributed by atoms with Crippen molar-refractivity contribution >= 4 is 11.8 Å². The van der Waals surface area contributed by atoms with E-state index in [0.29, 0.717) is 0 Å². The molecule has 0 N–H and O–H groups in total. The second kappa shape index (κ2) is 7.36. The zero-order chi connectivity index (χ0) is 15.9. The zero-order valence-electron chi connectivity index (χ0n) is 12.0. The molecule has 0 saturated carbocycles. The predicted octanol–water partition coefficient (Wildman–Crippen LogP) is 3.15. The van der Waals surface area contributed by atoms with Gasteiger partial charge in [0.1, 0.15) is 18.2 Å². The summed E-state index contributed by atoms with van der Waals surface area (Å²) in [5.74, 6) is -2.61. The van der Waals surface area contributed by atoms with Crippen LogP contribution in [0.15, 0.2) is 48.5 Å². The van der Waals surface area contributed by atoms with E-state index in [0.717, 1.165) is 11.6 Å². The van der Waals surface area contributed by atoms with E-state index in [9.17, 15) is 14.0 Å². The maximum atomic E-state index is 13.9. The van der Waals surface area contributed by atoms with Crippen LogP contribution in [0.2, 0.25) is 0 Å². The third-order valence-corrected chi connectivity index (χ3v) is 2.89. The third kappa shape index (κ3) is 3.91. The Balaban J connectivity index is 2.06. The van der Waals surface area contributed by atoms with Crippen LogP contribution >= 0.6 is 0 Å². The van der Waals surface area contributed by atoms with Crippen LogP contribution in [-0.2, 0) is 16.1 Å². The molecule has 5 heteroatoms. The molecule has 0 aromatic heterocycles. The molecule has 0 radical (unpaired) electrons. The summed E-state index contributed by atoms with van der Waals surface area (Å²) in [6.45, 7) is 1.91. The number of ketones is 1. The summed E-state index contributed by atoms with van der Waals surface area (Å²) in [5, 5.41) is 0. The van der Waals surface area contributed by atoms with E-state index in [1.54, 1.807) is 6.92 Å². The van der Waals surface area contributed by atoms with Crippen LogP contribution in [0.1, 0.15) is 22.8 Å². The van der Waals surface area contributed by atoms with Crippen molar-refractivity contribution in [1.82, 2.24) is 0 Å². The molecule has 0 atom stereocenters. The van der Waals surface area contributed by atoms with Gasteiger partial charge in [0, 0.05) is 6.07 Å². The van der Waals surface area contributed by atoms with E-state index in [1.807, 2.05) is 30.3 Å². The standard InChI is InChI=1S/C17H15FO4/c1-2-21-17(20)16(19)14-9-8-13(10-15(14)18)22-11-12-6-4-3-5-7-12/h3-10H,2,11H2,1H3. The minimum atomic E-state index is -1.07. The van der Waals surface area contributed by atoms with Gasteiger partial charge < -0.3 is 9.47 Å². The summed E-state index contributed by atoms with van der Waals surface area (Å²) < 4.78 is 23.9. The second-order valence-corrected chi connectivity index (χ2v) is 4.47. The topological polar surface area (TPSA) is 52.6 Å². The quantitative estimate of drug-likeness (QED) is 0.467. The fourth-order valence-corrected chi connectivity index (χ4v) is 1.82. The maximum Gasteiger partial charge on any atom is 0.379 e. The highest BCUT2D eigenvalue weighted by Crippen LogP contribution is 2.18.